The molecule has 0 aliphatic carbocycles. The van der Waals surface area contributed by atoms with Crippen molar-refractivity contribution in [1.82, 2.24) is 9.55 Å². The van der Waals surface area contributed by atoms with Crippen LogP contribution >= 0.6 is 11.6 Å². The number of hydrogen-bond acceptors (Lipinski definition) is 1. The number of imidazole rings is 1. The number of alkyl halides is 3. The normalized spacial score (nSPS) is 11.8. The average Bonchev–Trinajstić information content (AvgIpc) is 2.57. The zero-order chi connectivity index (χ0) is 12.6. The van der Waals surface area contributed by atoms with Gasteiger partial charge in [0.2, 0.25) is 0 Å². The number of hydrogen-bond donors (Lipinski definition) is 0. The van der Waals surface area contributed by atoms with E-state index in [2.05, 4.69) is 4.98 Å². The van der Waals surface area contributed by atoms with E-state index in [0.29, 0.717) is 11.4 Å². The van der Waals surface area contributed by atoms with Crippen molar-refractivity contribution in [1.29, 1.82) is 0 Å². The van der Waals surface area contributed by atoms with Crippen molar-refractivity contribution in [3.05, 3.63) is 41.2 Å². The fraction of sp³-hybridized carbons (Fsp3) is 0.182. The Balaban J connectivity index is 2.50. The molecule has 2 aromatic rings. The molecule has 90 valence electrons. The Morgan fingerprint density at radius 3 is 2.53 bits per heavy atom. The van der Waals surface area contributed by atoms with Crippen LogP contribution < -0.4 is 0 Å². The molecule has 0 bridgehead atoms. The van der Waals surface area contributed by atoms with Crippen LogP contribution in [0.25, 0.3) is 11.4 Å². The van der Waals surface area contributed by atoms with E-state index in [1.54, 1.807) is 17.7 Å². The predicted octanol–water partition coefficient (Wildman–Crippen LogP) is 3.76. The molecular formula is C11H8ClF3N2. The van der Waals surface area contributed by atoms with E-state index in [-0.39, 0.29) is 5.15 Å². The maximum absolute atomic E-state index is 12.5. The third-order valence-electron chi connectivity index (χ3n) is 2.30. The average molecular weight is 261 g/mol. The van der Waals surface area contributed by atoms with Crippen molar-refractivity contribution in [3.63, 3.8) is 0 Å². The Kier molecular flexibility index (Phi) is 2.87. The Labute approximate surface area is 101 Å². The van der Waals surface area contributed by atoms with Gasteiger partial charge >= 0.3 is 6.18 Å². The topological polar surface area (TPSA) is 17.8 Å². The third kappa shape index (κ3) is 2.44. The summed E-state index contributed by atoms with van der Waals surface area (Å²) in [6.07, 6.45) is -2.82. The lowest BCUT2D eigenvalue weighted by Crippen LogP contribution is -2.05. The molecule has 0 aliphatic rings. The van der Waals surface area contributed by atoms with E-state index in [4.69, 9.17) is 11.6 Å². The van der Waals surface area contributed by atoms with Crippen molar-refractivity contribution in [2.24, 2.45) is 7.05 Å². The first kappa shape index (κ1) is 12.0. The van der Waals surface area contributed by atoms with E-state index < -0.39 is 11.7 Å². The molecule has 0 saturated carbocycles. The zero-order valence-electron chi connectivity index (χ0n) is 8.79. The molecule has 17 heavy (non-hydrogen) atoms. The van der Waals surface area contributed by atoms with Crippen LogP contribution in [0.1, 0.15) is 5.56 Å². The second-order valence-electron chi connectivity index (χ2n) is 3.58. The van der Waals surface area contributed by atoms with E-state index in [1.807, 2.05) is 0 Å². The van der Waals surface area contributed by atoms with Gasteiger partial charge in [0.05, 0.1) is 5.56 Å². The molecule has 0 aliphatic heterocycles. The molecule has 1 aromatic heterocycles. The van der Waals surface area contributed by atoms with Gasteiger partial charge in [-0.25, -0.2) is 4.98 Å². The first-order valence-corrected chi connectivity index (χ1v) is 5.12. The van der Waals surface area contributed by atoms with Gasteiger partial charge in [0.15, 0.2) is 0 Å². The second-order valence-corrected chi connectivity index (χ2v) is 3.96. The highest BCUT2D eigenvalue weighted by Crippen LogP contribution is 2.32. The maximum atomic E-state index is 12.5. The summed E-state index contributed by atoms with van der Waals surface area (Å²) in [5.41, 5.74) is -0.316. The summed E-state index contributed by atoms with van der Waals surface area (Å²) in [7, 11) is 1.68. The van der Waals surface area contributed by atoms with Crippen molar-refractivity contribution in [3.8, 4) is 11.4 Å². The summed E-state index contributed by atoms with van der Waals surface area (Å²) in [6.45, 7) is 0. The van der Waals surface area contributed by atoms with E-state index >= 15 is 0 Å². The van der Waals surface area contributed by atoms with Gasteiger partial charge in [-0.05, 0) is 12.1 Å². The Hall–Kier alpha value is -1.49. The number of aryl methyl sites for hydroxylation is 1. The smallest absolute Gasteiger partial charge is 0.332 e. The minimum Gasteiger partial charge on any atom is -0.332 e. The van der Waals surface area contributed by atoms with E-state index in [1.165, 1.54) is 12.3 Å². The lowest BCUT2D eigenvalue weighted by atomic mass is 10.1. The number of halogens is 4. The SMILES string of the molecule is Cn1cc(Cl)nc1-c1cccc(C(F)(F)F)c1. The van der Waals surface area contributed by atoms with Crippen LogP contribution in [0.3, 0.4) is 0 Å². The maximum Gasteiger partial charge on any atom is 0.416 e. The first-order chi connectivity index (χ1) is 7.88. The molecular weight excluding hydrogens is 253 g/mol. The zero-order valence-corrected chi connectivity index (χ0v) is 9.55. The standard InChI is InChI=1S/C11H8ClF3N2/c1-17-6-9(12)16-10(17)7-3-2-4-8(5-7)11(13,14)15/h2-6H,1H3. The molecule has 0 saturated heterocycles. The summed E-state index contributed by atoms with van der Waals surface area (Å²) in [4.78, 5) is 3.96. The molecule has 0 radical (unpaired) electrons. The third-order valence-corrected chi connectivity index (χ3v) is 2.48. The van der Waals surface area contributed by atoms with Gasteiger partial charge in [0.25, 0.3) is 0 Å². The molecule has 0 fully saturated rings. The van der Waals surface area contributed by atoms with E-state index in [9.17, 15) is 13.2 Å². The van der Waals surface area contributed by atoms with Crippen LogP contribution in [0.4, 0.5) is 13.2 Å². The summed E-state index contributed by atoms with van der Waals surface area (Å²) in [5, 5.41) is 0.250. The molecule has 0 atom stereocenters. The molecule has 6 heteroatoms. The molecule has 2 nitrogen and oxygen atoms in total. The van der Waals surface area contributed by atoms with Gasteiger partial charge in [-0.2, -0.15) is 13.2 Å². The largest absolute Gasteiger partial charge is 0.416 e. The quantitative estimate of drug-likeness (QED) is 0.763. The summed E-state index contributed by atoms with van der Waals surface area (Å²) in [6, 6.07) is 4.99. The van der Waals surface area contributed by atoms with Crippen molar-refractivity contribution < 1.29 is 13.2 Å². The van der Waals surface area contributed by atoms with Crippen LogP contribution in [0.15, 0.2) is 30.5 Å². The fourth-order valence-electron chi connectivity index (χ4n) is 1.53. The molecule has 0 amide bonds. The molecule has 1 heterocycles. The highest BCUT2D eigenvalue weighted by atomic mass is 35.5. The van der Waals surface area contributed by atoms with Crippen LogP contribution in [0, 0.1) is 0 Å². The summed E-state index contributed by atoms with van der Waals surface area (Å²) in [5.74, 6) is 0.404. The minimum atomic E-state index is -4.36. The Morgan fingerprint density at radius 2 is 2.00 bits per heavy atom. The van der Waals surface area contributed by atoms with E-state index in [0.717, 1.165) is 12.1 Å². The molecule has 0 unspecified atom stereocenters. The number of benzene rings is 1. The number of rotatable bonds is 1. The first-order valence-electron chi connectivity index (χ1n) is 4.74. The van der Waals surface area contributed by atoms with Crippen LogP contribution in [0.2, 0.25) is 5.15 Å². The predicted molar refractivity (Wildman–Crippen MR) is 58.7 cm³/mol. The Morgan fingerprint density at radius 1 is 1.29 bits per heavy atom. The van der Waals surface area contributed by atoms with Crippen molar-refractivity contribution >= 4 is 11.6 Å². The van der Waals surface area contributed by atoms with Crippen LogP contribution in [0.5, 0.6) is 0 Å². The lowest BCUT2D eigenvalue weighted by Gasteiger charge is -2.08. The minimum absolute atomic E-state index is 0.250. The second kappa shape index (κ2) is 4.07. The van der Waals surface area contributed by atoms with Crippen molar-refractivity contribution in [2.45, 2.75) is 6.18 Å². The monoisotopic (exact) mass is 260 g/mol. The van der Waals surface area contributed by atoms with Gasteiger partial charge in [0, 0.05) is 18.8 Å². The van der Waals surface area contributed by atoms with Gasteiger partial charge < -0.3 is 4.57 Å². The molecule has 0 N–H and O–H groups in total. The van der Waals surface area contributed by atoms with Crippen LogP contribution in [-0.2, 0) is 13.2 Å². The lowest BCUT2D eigenvalue weighted by molar-refractivity contribution is -0.137. The highest BCUT2D eigenvalue weighted by molar-refractivity contribution is 6.29. The Bertz CT molecular complexity index is 546. The highest BCUT2D eigenvalue weighted by Gasteiger charge is 2.30. The van der Waals surface area contributed by atoms with Gasteiger partial charge in [-0.15, -0.1) is 0 Å². The summed E-state index contributed by atoms with van der Waals surface area (Å²) < 4.78 is 39.2. The molecule has 2 rings (SSSR count). The van der Waals surface area contributed by atoms with Gasteiger partial charge in [-0.1, -0.05) is 23.7 Å². The molecule has 0 spiro atoms. The summed E-state index contributed by atoms with van der Waals surface area (Å²) >= 11 is 5.69. The molecule has 1 aromatic carbocycles. The van der Waals surface area contributed by atoms with Crippen molar-refractivity contribution in [2.75, 3.05) is 0 Å². The fourth-order valence-corrected chi connectivity index (χ4v) is 1.76. The van der Waals surface area contributed by atoms with Gasteiger partial charge in [-0.3, -0.25) is 0 Å². The van der Waals surface area contributed by atoms with Gasteiger partial charge in [0.1, 0.15) is 11.0 Å². The number of aromatic nitrogens is 2. The van der Waals surface area contributed by atoms with Crippen LogP contribution in [-0.4, -0.2) is 9.55 Å². The number of nitrogens with zero attached hydrogens (tertiary/aromatic N) is 2.